The van der Waals surface area contributed by atoms with Crippen molar-refractivity contribution in [2.45, 2.75) is 0 Å². The van der Waals surface area contributed by atoms with Gasteiger partial charge in [0.05, 0.1) is 5.52 Å². The molecule has 0 bridgehead atoms. The minimum atomic E-state index is 0.761. The largest absolute Gasteiger partial charge is 0.353 e. The zero-order chi connectivity index (χ0) is 17.1. The zero-order valence-corrected chi connectivity index (χ0v) is 14.5. The van der Waals surface area contributed by atoms with Crippen molar-refractivity contribution >= 4 is 28.9 Å². The van der Waals surface area contributed by atoms with Crippen molar-refractivity contribution in [3.63, 3.8) is 0 Å². The average Bonchev–Trinajstić information content (AvgIpc) is 2.67. The average molecular weight is 330 g/mol. The van der Waals surface area contributed by atoms with Crippen LogP contribution < -0.4 is 4.90 Å². The van der Waals surface area contributed by atoms with Crippen molar-refractivity contribution in [2.75, 3.05) is 38.1 Å². The summed E-state index contributed by atoms with van der Waals surface area (Å²) in [6, 6.07) is 18.5. The van der Waals surface area contributed by atoms with Crippen LogP contribution in [0.1, 0.15) is 11.4 Å². The van der Waals surface area contributed by atoms with Crippen molar-refractivity contribution in [1.82, 2.24) is 14.9 Å². The Morgan fingerprint density at radius 1 is 0.800 bits per heavy atom. The normalized spacial score (nSPS) is 16.0. The lowest BCUT2D eigenvalue weighted by Crippen LogP contribution is -2.45. The minimum absolute atomic E-state index is 0.761. The summed E-state index contributed by atoms with van der Waals surface area (Å²) in [5, 5.41) is 1.13. The molecule has 1 aliphatic rings. The number of anilines is 1. The Hall–Kier alpha value is -2.72. The molecule has 2 aromatic carbocycles. The molecule has 1 aliphatic heterocycles. The molecule has 2 heterocycles. The lowest BCUT2D eigenvalue weighted by Gasteiger charge is -2.33. The summed E-state index contributed by atoms with van der Waals surface area (Å²) in [7, 11) is 2.17. The Morgan fingerprint density at radius 2 is 1.52 bits per heavy atom. The number of para-hydroxylation sites is 1. The van der Waals surface area contributed by atoms with E-state index in [1.54, 1.807) is 0 Å². The molecule has 0 N–H and O–H groups in total. The summed E-state index contributed by atoms with van der Waals surface area (Å²) in [5.41, 5.74) is 2.15. The monoisotopic (exact) mass is 330 g/mol. The summed E-state index contributed by atoms with van der Waals surface area (Å²) in [4.78, 5) is 14.3. The first-order valence-corrected chi connectivity index (χ1v) is 8.73. The fourth-order valence-electron chi connectivity index (χ4n) is 3.15. The number of rotatable bonds is 3. The van der Waals surface area contributed by atoms with Crippen molar-refractivity contribution in [2.24, 2.45) is 0 Å². The zero-order valence-electron chi connectivity index (χ0n) is 14.5. The molecule has 0 aliphatic carbocycles. The summed E-state index contributed by atoms with van der Waals surface area (Å²) >= 11 is 0. The number of hydrogen-bond donors (Lipinski definition) is 0. The molecule has 4 rings (SSSR count). The number of hydrogen-bond acceptors (Lipinski definition) is 4. The molecule has 1 fully saturated rings. The second-order valence-corrected chi connectivity index (χ2v) is 6.46. The van der Waals surface area contributed by atoms with E-state index in [0.29, 0.717) is 0 Å². The van der Waals surface area contributed by atoms with Gasteiger partial charge in [-0.15, -0.1) is 0 Å². The van der Waals surface area contributed by atoms with E-state index in [0.717, 1.165) is 54.3 Å². The van der Waals surface area contributed by atoms with Crippen LogP contribution in [-0.2, 0) is 0 Å². The third-order valence-corrected chi connectivity index (χ3v) is 4.63. The molecule has 0 atom stereocenters. The van der Waals surface area contributed by atoms with E-state index in [2.05, 4.69) is 53.3 Å². The maximum atomic E-state index is 4.87. The summed E-state index contributed by atoms with van der Waals surface area (Å²) in [5.74, 6) is 1.81. The van der Waals surface area contributed by atoms with Gasteiger partial charge in [0.1, 0.15) is 5.82 Å². The molecule has 126 valence electrons. The molecule has 1 saturated heterocycles. The second kappa shape index (κ2) is 7.03. The molecule has 0 saturated carbocycles. The Labute approximate surface area is 148 Å². The summed E-state index contributed by atoms with van der Waals surface area (Å²) in [6.07, 6.45) is 4.07. The molecule has 4 heteroatoms. The fourth-order valence-corrected chi connectivity index (χ4v) is 3.15. The van der Waals surface area contributed by atoms with Crippen LogP contribution in [0, 0.1) is 0 Å². The van der Waals surface area contributed by atoms with Crippen molar-refractivity contribution in [1.29, 1.82) is 0 Å². The lowest BCUT2D eigenvalue weighted by atomic mass is 10.2. The molecule has 0 radical (unpaired) electrons. The molecule has 25 heavy (non-hydrogen) atoms. The molecule has 0 spiro atoms. The first-order valence-electron chi connectivity index (χ1n) is 8.73. The van der Waals surface area contributed by atoms with E-state index in [1.807, 2.05) is 30.3 Å². The molecular formula is C21H22N4. The van der Waals surface area contributed by atoms with Crippen LogP contribution in [0.5, 0.6) is 0 Å². The number of nitrogens with zero attached hydrogens (tertiary/aromatic N) is 4. The van der Waals surface area contributed by atoms with Gasteiger partial charge in [-0.25, -0.2) is 9.97 Å². The number of likely N-dealkylation sites (N-methyl/N-ethyl adjacent to an activating group) is 1. The third-order valence-electron chi connectivity index (χ3n) is 4.63. The first kappa shape index (κ1) is 15.8. The number of piperazine rings is 1. The van der Waals surface area contributed by atoms with Gasteiger partial charge in [0.2, 0.25) is 0 Å². The van der Waals surface area contributed by atoms with Crippen molar-refractivity contribution in [3.8, 4) is 0 Å². The maximum Gasteiger partial charge on any atom is 0.154 e. The Balaban J connectivity index is 1.72. The molecule has 3 aromatic rings. The maximum absolute atomic E-state index is 4.87. The molecular weight excluding hydrogens is 308 g/mol. The summed E-state index contributed by atoms with van der Waals surface area (Å²) in [6.45, 7) is 4.12. The van der Waals surface area contributed by atoms with Gasteiger partial charge in [-0.05, 0) is 30.8 Å². The van der Waals surface area contributed by atoms with E-state index >= 15 is 0 Å². The van der Waals surface area contributed by atoms with E-state index < -0.39 is 0 Å². The summed E-state index contributed by atoms with van der Waals surface area (Å²) < 4.78 is 0. The van der Waals surface area contributed by atoms with Gasteiger partial charge in [-0.2, -0.15) is 0 Å². The van der Waals surface area contributed by atoms with E-state index in [-0.39, 0.29) is 0 Å². The highest BCUT2D eigenvalue weighted by atomic mass is 15.3. The highest BCUT2D eigenvalue weighted by Gasteiger charge is 2.18. The van der Waals surface area contributed by atoms with E-state index in [4.69, 9.17) is 9.97 Å². The minimum Gasteiger partial charge on any atom is -0.353 e. The molecule has 0 amide bonds. The van der Waals surface area contributed by atoms with Crippen LogP contribution in [0.15, 0.2) is 54.6 Å². The number of aromatic nitrogens is 2. The fraction of sp³-hybridized carbons (Fsp3) is 0.238. The topological polar surface area (TPSA) is 32.3 Å². The van der Waals surface area contributed by atoms with Crippen LogP contribution in [0.25, 0.3) is 23.1 Å². The van der Waals surface area contributed by atoms with Gasteiger partial charge >= 0.3 is 0 Å². The SMILES string of the molecule is CN1CCN(c2nc(/C=C/c3ccccc3)nc3ccccc23)CC1. The predicted molar refractivity (Wildman–Crippen MR) is 105 cm³/mol. The highest BCUT2D eigenvalue weighted by Crippen LogP contribution is 2.25. The Bertz CT molecular complexity index is 881. The molecule has 4 nitrogen and oxygen atoms in total. The van der Waals surface area contributed by atoms with Gasteiger partial charge in [0, 0.05) is 31.6 Å². The van der Waals surface area contributed by atoms with Gasteiger partial charge in [0.15, 0.2) is 5.82 Å². The van der Waals surface area contributed by atoms with Crippen molar-refractivity contribution in [3.05, 3.63) is 66.0 Å². The van der Waals surface area contributed by atoms with Crippen LogP contribution >= 0.6 is 0 Å². The number of fused-ring (bicyclic) bond motifs is 1. The molecule has 0 unspecified atom stereocenters. The lowest BCUT2D eigenvalue weighted by molar-refractivity contribution is 0.312. The van der Waals surface area contributed by atoms with Gasteiger partial charge in [-0.1, -0.05) is 48.5 Å². The van der Waals surface area contributed by atoms with Crippen molar-refractivity contribution < 1.29 is 0 Å². The van der Waals surface area contributed by atoms with Crippen LogP contribution in [0.4, 0.5) is 5.82 Å². The predicted octanol–water partition coefficient (Wildman–Crippen LogP) is 3.55. The smallest absolute Gasteiger partial charge is 0.154 e. The molecule has 1 aromatic heterocycles. The van der Waals surface area contributed by atoms with Gasteiger partial charge in [-0.3, -0.25) is 0 Å². The van der Waals surface area contributed by atoms with Crippen LogP contribution in [0.2, 0.25) is 0 Å². The Morgan fingerprint density at radius 3 is 2.32 bits per heavy atom. The Kier molecular flexibility index (Phi) is 4.44. The van der Waals surface area contributed by atoms with Gasteiger partial charge in [0.25, 0.3) is 0 Å². The standard InChI is InChI=1S/C21H22N4/c1-24-13-15-25(16-14-24)21-18-9-5-6-10-19(18)22-20(23-21)12-11-17-7-3-2-4-8-17/h2-12H,13-16H2,1H3/b12-11+. The van der Waals surface area contributed by atoms with Gasteiger partial charge < -0.3 is 9.80 Å². The van der Waals surface area contributed by atoms with E-state index in [1.165, 1.54) is 0 Å². The highest BCUT2D eigenvalue weighted by molar-refractivity contribution is 5.90. The quantitative estimate of drug-likeness (QED) is 0.735. The van der Waals surface area contributed by atoms with Crippen LogP contribution in [0.3, 0.4) is 0 Å². The van der Waals surface area contributed by atoms with E-state index in [9.17, 15) is 0 Å². The number of benzene rings is 2. The first-order chi connectivity index (χ1) is 12.3. The third kappa shape index (κ3) is 3.54. The second-order valence-electron chi connectivity index (χ2n) is 6.46. The van der Waals surface area contributed by atoms with Crippen LogP contribution in [-0.4, -0.2) is 48.1 Å².